The molecule has 1 saturated heterocycles. The second-order valence-corrected chi connectivity index (χ2v) is 9.15. The molecule has 2 aromatic carbocycles. The molecule has 1 fully saturated rings. The zero-order valence-corrected chi connectivity index (χ0v) is 19.1. The summed E-state index contributed by atoms with van der Waals surface area (Å²) < 4.78 is 6.29. The summed E-state index contributed by atoms with van der Waals surface area (Å²) in [5.74, 6) is 0.924. The summed E-state index contributed by atoms with van der Waals surface area (Å²) in [5, 5.41) is 10.2. The highest BCUT2D eigenvalue weighted by molar-refractivity contribution is 8.14. The lowest BCUT2D eigenvalue weighted by Crippen LogP contribution is -2.35. The van der Waals surface area contributed by atoms with E-state index in [0.717, 1.165) is 39.9 Å². The number of fused-ring (bicyclic) bond motifs is 1. The fraction of sp³-hybridized carbons (Fsp3) is 0.269. The van der Waals surface area contributed by atoms with Gasteiger partial charge in [0.25, 0.3) is 0 Å². The van der Waals surface area contributed by atoms with Gasteiger partial charge in [-0.05, 0) is 42.3 Å². The highest BCUT2D eigenvalue weighted by atomic mass is 32.2. The average molecular weight is 460 g/mol. The molecular weight excluding hydrogens is 434 g/mol. The van der Waals surface area contributed by atoms with Crippen LogP contribution in [0.4, 0.5) is 0 Å². The van der Waals surface area contributed by atoms with Crippen molar-refractivity contribution in [1.29, 1.82) is 0 Å². The van der Waals surface area contributed by atoms with Crippen molar-refractivity contribution in [3.8, 4) is 5.75 Å². The van der Waals surface area contributed by atoms with Gasteiger partial charge in [-0.15, -0.1) is 0 Å². The Bertz CT molecular complexity index is 1170. The van der Waals surface area contributed by atoms with Crippen LogP contribution in [0.3, 0.4) is 0 Å². The maximum Gasteiger partial charge on any atom is 0.335 e. The summed E-state index contributed by atoms with van der Waals surface area (Å²) in [5.41, 5.74) is 3.24. The van der Waals surface area contributed by atoms with Crippen LogP contribution < -0.4 is 4.74 Å². The van der Waals surface area contributed by atoms with Gasteiger partial charge < -0.3 is 14.7 Å². The van der Waals surface area contributed by atoms with E-state index < -0.39 is 5.97 Å². The Labute approximate surface area is 197 Å². The minimum absolute atomic E-state index is 0.0143. The Kier molecular flexibility index (Phi) is 6.05. The maximum atomic E-state index is 11.1. The summed E-state index contributed by atoms with van der Waals surface area (Å²) in [4.78, 5) is 23.3. The van der Waals surface area contributed by atoms with Crippen molar-refractivity contribution in [2.45, 2.75) is 38.1 Å². The van der Waals surface area contributed by atoms with E-state index >= 15 is 0 Å². The number of benzene rings is 2. The molecular formula is C26H25N3O3S. The number of hydrogen-bond acceptors (Lipinski definition) is 6. The van der Waals surface area contributed by atoms with Gasteiger partial charge in [0.15, 0.2) is 5.17 Å². The highest BCUT2D eigenvalue weighted by Crippen LogP contribution is 2.50. The fourth-order valence-electron chi connectivity index (χ4n) is 4.45. The first kappa shape index (κ1) is 21.5. The van der Waals surface area contributed by atoms with Crippen LogP contribution in [-0.2, 0) is 6.61 Å². The van der Waals surface area contributed by atoms with Crippen molar-refractivity contribution in [1.82, 2.24) is 9.88 Å². The van der Waals surface area contributed by atoms with Crippen LogP contribution in [0.1, 0.15) is 52.6 Å². The molecule has 1 aromatic heterocycles. The van der Waals surface area contributed by atoms with Crippen molar-refractivity contribution >= 4 is 22.9 Å². The maximum absolute atomic E-state index is 11.1. The third-order valence-electron chi connectivity index (χ3n) is 6.16. The molecule has 2 aliphatic rings. The Morgan fingerprint density at radius 3 is 2.64 bits per heavy atom. The first-order valence-corrected chi connectivity index (χ1v) is 12.1. The Morgan fingerprint density at radius 2 is 1.91 bits per heavy atom. The summed E-state index contributed by atoms with van der Waals surface area (Å²) in [6.07, 6.45) is 2.88. The Morgan fingerprint density at radius 1 is 1.12 bits per heavy atom. The number of carbonyl (C=O) groups is 1. The lowest BCUT2D eigenvalue weighted by atomic mass is 9.94. The van der Waals surface area contributed by atoms with Gasteiger partial charge in [-0.2, -0.15) is 0 Å². The van der Waals surface area contributed by atoms with Crippen molar-refractivity contribution in [2.24, 2.45) is 4.99 Å². The van der Waals surface area contributed by atoms with E-state index in [0.29, 0.717) is 12.6 Å². The van der Waals surface area contributed by atoms with Gasteiger partial charge in [0.2, 0.25) is 0 Å². The van der Waals surface area contributed by atoms with E-state index in [4.69, 9.17) is 14.8 Å². The summed E-state index contributed by atoms with van der Waals surface area (Å²) in [6, 6.07) is 21.3. The lowest BCUT2D eigenvalue weighted by molar-refractivity contribution is 0.0697. The minimum atomic E-state index is -0.931. The number of thioether (sulfide) groups is 1. The predicted octanol–water partition coefficient (Wildman–Crippen LogP) is 5.34. The first-order chi connectivity index (χ1) is 16.2. The smallest absolute Gasteiger partial charge is 0.335 e. The minimum Gasteiger partial charge on any atom is -0.489 e. The standard InChI is InChI=1S/C26H25N3O3S/c1-2-19-16-33-26-28-23(21-8-5-6-14-27-21)24(29(19)26)20-7-3-4-9-22(20)32-15-17-10-12-18(13-11-17)25(30)31/h3-14,19,23-24H,2,15-16H2,1H3,(H,30,31)/t19-,23-,24+/m1/s1. The predicted molar refractivity (Wildman–Crippen MR) is 130 cm³/mol. The van der Waals surface area contributed by atoms with E-state index in [2.05, 4.69) is 22.9 Å². The Balaban J connectivity index is 1.46. The van der Waals surface area contributed by atoms with Crippen LogP contribution in [0, 0.1) is 0 Å². The molecule has 0 radical (unpaired) electrons. The van der Waals surface area contributed by atoms with Crippen LogP contribution in [0.2, 0.25) is 0 Å². The number of aromatic carboxylic acids is 1. The SMILES string of the molecule is CC[C@@H]1CSC2=N[C@H](c3ccccn3)[C@H](c3ccccc3OCc3ccc(C(=O)O)cc3)N21. The molecule has 6 nitrogen and oxygen atoms in total. The number of amidine groups is 1. The van der Waals surface area contributed by atoms with E-state index in [1.807, 2.05) is 54.4 Å². The number of rotatable bonds is 7. The van der Waals surface area contributed by atoms with Gasteiger partial charge in [-0.1, -0.05) is 55.1 Å². The molecule has 0 amide bonds. The van der Waals surface area contributed by atoms with Gasteiger partial charge >= 0.3 is 5.97 Å². The van der Waals surface area contributed by atoms with E-state index in [-0.39, 0.29) is 17.6 Å². The molecule has 5 rings (SSSR count). The van der Waals surface area contributed by atoms with Crippen LogP contribution in [0.25, 0.3) is 0 Å². The van der Waals surface area contributed by atoms with Gasteiger partial charge in [0, 0.05) is 23.6 Å². The first-order valence-electron chi connectivity index (χ1n) is 11.1. The summed E-state index contributed by atoms with van der Waals surface area (Å²) in [7, 11) is 0. The molecule has 7 heteroatoms. The number of pyridine rings is 1. The zero-order chi connectivity index (χ0) is 22.8. The van der Waals surface area contributed by atoms with Gasteiger partial charge in [0.05, 0.1) is 17.3 Å². The molecule has 1 N–H and O–H groups in total. The van der Waals surface area contributed by atoms with Crippen molar-refractivity contribution in [3.63, 3.8) is 0 Å². The van der Waals surface area contributed by atoms with Crippen LogP contribution in [-0.4, -0.2) is 37.9 Å². The molecule has 3 aromatic rings. The lowest BCUT2D eigenvalue weighted by Gasteiger charge is -2.32. The molecule has 3 atom stereocenters. The van der Waals surface area contributed by atoms with Crippen LogP contribution >= 0.6 is 11.8 Å². The molecule has 0 saturated carbocycles. The zero-order valence-electron chi connectivity index (χ0n) is 18.3. The molecule has 0 bridgehead atoms. The average Bonchev–Trinajstić information content (AvgIpc) is 3.43. The normalized spacial score (nSPS) is 21.5. The number of aliphatic imine (C=N–C) groups is 1. The fourth-order valence-corrected chi connectivity index (χ4v) is 5.79. The van der Waals surface area contributed by atoms with Crippen molar-refractivity contribution in [3.05, 3.63) is 95.3 Å². The molecule has 168 valence electrons. The quantitative estimate of drug-likeness (QED) is 0.514. The topological polar surface area (TPSA) is 75.0 Å². The second-order valence-electron chi connectivity index (χ2n) is 8.16. The molecule has 0 spiro atoms. The molecule has 33 heavy (non-hydrogen) atoms. The van der Waals surface area contributed by atoms with Gasteiger partial charge in [-0.25, -0.2) is 4.79 Å². The summed E-state index contributed by atoms with van der Waals surface area (Å²) >= 11 is 1.82. The third kappa shape index (κ3) is 4.20. The number of para-hydroxylation sites is 1. The van der Waals surface area contributed by atoms with E-state index in [1.54, 1.807) is 24.3 Å². The molecule has 0 unspecified atom stereocenters. The summed E-state index contributed by atoms with van der Waals surface area (Å²) in [6.45, 7) is 2.58. The molecule has 0 aliphatic carbocycles. The van der Waals surface area contributed by atoms with E-state index in [9.17, 15) is 4.79 Å². The molecule has 2 aliphatic heterocycles. The second kappa shape index (κ2) is 9.27. The van der Waals surface area contributed by atoms with Crippen LogP contribution in [0.5, 0.6) is 5.75 Å². The van der Waals surface area contributed by atoms with Gasteiger partial charge in [0.1, 0.15) is 18.4 Å². The number of carboxylic acids is 1. The number of hydrogen-bond donors (Lipinski definition) is 1. The third-order valence-corrected chi connectivity index (χ3v) is 7.29. The van der Waals surface area contributed by atoms with Crippen molar-refractivity contribution in [2.75, 3.05) is 5.75 Å². The highest BCUT2D eigenvalue weighted by Gasteiger charge is 2.46. The largest absolute Gasteiger partial charge is 0.489 e. The number of ether oxygens (including phenoxy) is 1. The number of aromatic nitrogens is 1. The van der Waals surface area contributed by atoms with E-state index in [1.165, 1.54) is 0 Å². The monoisotopic (exact) mass is 459 g/mol. The van der Waals surface area contributed by atoms with Crippen molar-refractivity contribution < 1.29 is 14.6 Å². The number of nitrogens with zero attached hydrogens (tertiary/aromatic N) is 3. The van der Waals surface area contributed by atoms with Gasteiger partial charge in [-0.3, -0.25) is 9.98 Å². The Hall–Kier alpha value is -3.32. The van der Waals surface area contributed by atoms with Crippen LogP contribution in [0.15, 0.2) is 77.9 Å². The number of carboxylic acid groups (broad SMARTS) is 1. The molecule has 3 heterocycles.